The summed E-state index contributed by atoms with van der Waals surface area (Å²) in [5.74, 6) is -0.361. The average molecular weight is 352 g/mol. The molecular formula is C21H24N2O3. The highest BCUT2D eigenvalue weighted by atomic mass is 16.2. The number of Topliss-reactive ketones (excluding diaryl/α,β-unsaturated/α-hetero) is 1. The van der Waals surface area contributed by atoms with E-state index in [0.29, 0.717) is 23.4 Å². The van der Waals surface area contributed by atoms with Crippen LogP contribution in [0.15, 0.2) is 42.5 Å². The predicted molar refractivity (Wildman–Crippen MR) is 103 cm³/mol. The smallest absolute Gasteiger partial charge is 0.224 e. The first kappa shape index (κ1) is 19.4. The van der Waals surface area contributed by atoms with Gasteiger partial charge in [0.15, 0.2) is 5.78 Å². The number of nitrogens with one attached hydrogen (secondary N) is 2. The third-order valence-corrected chi connectivity index (χ3v) is 4.02. The van der Waals surface area contributed by atoms with Gasteiger partial charge < -0.3 is 10.6 Å². The van der Waals surface area contributed by atoms with Gasteiger partial charge in [0.05, 0.1) is 0 Å². The molecule has 5 nitrogen and oxygen atoms in total. The van der Waals surface area contributed by atoms with Gasteiger partial charge in [-0.1, -0.05) is 30.7 Å². The minimum absolute atomic E-state index is 0.0368. The van der Waals surface area contributed by atoms with E-state index in [0.717, 1.165) is 11.1 Å². The van der Waals surface area contributed by atoms with E-state index in [1.54, 1.807) is 31.2 Å². The molecule has 26 heavy (non-hydrogen) atoms. The van der Waals surface area contributed by atoms with E-state index in [2.05, 4.69) is 10.6 Å². The molecule has 136 valence electrons. The molecule has 0 aliphatic heterocycles. The fourth-order valence-corrected chi connectivity index (χ4v) is 2.55. The molecule has 0 heterocycles. The molecule has 2 N–H and O–H groups in total. The molecule has 0 unspecified atom stereocenters. The van der Waals surface area contributed by atoms with Crippen LogP contribution in [0, 0.1) is 13.8 Å². The minimum Gasteiger partial charge on any atom is -0.326 e. The molecule has 0 saturated heterocycles. The van der Waals surface area contributed by atoms with Crippen molar-refractivity contribution in [1.82, 2.24) is 0 Å². The zero-order valence-electron chi connectivity index (χ0n) is 15.4. The zero-order chi connectivity index (χ0) is 19.1. The summed E-state index contributed by atoms with van der Waals surface area (Å²) >= 11 is 0. The van der Waals surface area contributed by atoms with Crippen molar-refractivity contribution < 1.29 is 14.4 Å². The standard InChI is InChI=1S/C21H24N2O3/c1-4-20(25)22-16-6-5-7-17(13-16)23-21(26)11-10-19(24)18-12-14(2)8-9-15(18)3/h5-9,12-13H,4,10-11H2,1-3H3,(H,22,25)(H,23,26). The number of ketones is 1. The third kappa shape index (κ3) is 5.55. The zero-order valence-corrected chi connectivity index (χ0v) is 15.4. The molecule has 0 aromatic heterocycles. The Hall–Kier alpha value is -2.95. The summed E-state index contributed by atoms with van der Waals surface area (Å²) < 4.78 is 0. The summed E-state index contributed by atoms with van der Waals surface area (Å²) in [6, 6.07) is 12.7. The Bertz CT molecular complexity index is 828. The van der Waals surface area contributed by atoms with Crippen LogP contribution in [0.2, 0.25) is 0 Å². The van der Waals surface area contributed by atoms with Gasteiger partial charge in [0.1, 0.15) is 0 Å². The second kappa shape index (κ2) is 8.94. The molecule has 0 aliphatic carbocycles. The van der Waals surface area contributed by atoms with Crippen LogP contribution in [0.5, 0.6) is 0 Å². The van der Waals surface area contributed by atoms with E-state index in [-0.39, 0.29) is 30.4 Å². The van der Waals surface area contributed by atoms with E-state index in [9.17, 15) is 14.4 Å². The average Bonchev–Trinajstić information content (AvgIpc) is 2.62. The second-order valence-corrected chi connectivity index (χ2v) is 6.27. The predicted octanol–water partition coefficient (Wildman–Crippen LogP) is 4.25. The van der Waals surface area contributed by atoms with Gasteiger partial charge in [-0.2, -0.15) is 0 Å². The van der Waals surface area contributed by atoms with Crippen molar-refractivity contribution in [3.05, 3.63) is 59.2 Å². The molecule has 2 amide bonds. The van der Waals surface area contributed by atoms with E-state index in [4.69, 9.17) is 0 Å². The van der Waals surface area contributed by atoms with Crippen LogP contribution in [0.3, 0.4) is 0 Å². The number of aryl methyl sites for hydroxylation is 2. The van der Waals surface area contributed by atoms with Crippen molar-refractivity contribution in [3.63, 3.8) is 0 Å². The van der Waals surface area contributed by atoms with E-state index in [1.165, 1.54) is 0 Å². The van der Waals surface area contributed by atoms with Crippen molar-refractivity contribution in [2.75, 3.05) is 10.6 Å². The molecule has 0 aliphatic rings. The maximum atomic E-state index is 12.4. The fourth-order valence-electron chi connectivity index (χ4n) is 2.55. The summed E-state index contributed by atoms with van der Waals surface area (Å²) in [6.07, 6.45) is 0.650. The molecule has 0 radical (unpaired) electrons. The molecule has 5 heteroatoms. The van der Waals surface area contributed by atoms with Crippen LogP contribution in [0.4, 0.5) is 11.4 Å². The highest BCUT2D eigenvalue weighted by Gasteiger charge is 2.12. The van der Waals surface area contributed by atoms with Gasteiger partial charge in [0.25, 0.3) is 0 Å². The Kier molecular flexibility index (Phi) is 6.67. The first-order valence-corrected chi connectivity index (χ1v) is 8.69. The molecule has 0 spiro atoms. The topological polar surface area (TPSA) is 75.3 Å². The van der Waals surface area contributed by atoms with E-state index >= 15 is 0 Å². The van der Waals surface area contributed by atoms with E-state index in [1.807, 2.05) is 32.0 Å². The number of carbonyl (C=O) groups is 3. The summed E-state index contributed by atoms with van der Waals surface area (Å²) in [7, 11) is 0. The Labute approximate surface area is 153 Å². The van der Waals surface area contributed by atoms with Gasteiger partial charge in [-0.05, 0) is 43.7 Å². The SMILES string of the molecule is CCC(=O)Nc1cccc(NC(=O)CCC(=O)c2cc(C)ccc2C)c1. The van der Waals surface area contributed by atoms with Crippen LogP contribution < -0.4 is 10.6 Å². The number of carbonyl (C=O) groups excluding carboxylic acids is 3. The van der Waals surface area contributed by atoms with Gasteiger partial charge in [-0.25, -0.2) is 0 Å². The molecule has 2 aromatic carbocycles. The largest absolute Gasteiger partial charge is 0.326 e. The van der Waals surface area contributed by atoms with Crippen molar-refractivity contribution in [1.29, 1.82) is 0 Å². The summed E-state index contributed by atoms with van der Waals surface area (Å²) in [4.78, 5) is 35.9. The number of hydrogen-bond acceptors (Lipinski definition) is 3. The quantitative estimate of drug-likeness (QED) is 0.731. The van der Waals surface area contributed by atoms with Gasteiger partial charge >= 0.3 is 0 Å². The van der Waals surface area contributed by atoms with Crippen LogP contribution in [-0.2, 0) is 9.59 Å². The molecule has 0 bridgehead atoms. The van der Waals surface area contributed by atoms with Crippen LogP contribution >= 0.6 is 0 Å². The highest BCUT2D eigenvalue weighted by Crippen LogP contribution is 2.17. The lowest BCUT2D eigenvalue weighted by molar-refractivity contribution is -0.116. The molecule has 2 aromatic rings. The Morgan fingerprint density at radius 3 is 2.15 bits per heavy atom. The monoisotopic (exact) mass is 352 g/mol. The van der Waals surface area contributed by atoms with Crippen molar-refractivity contribution in [3.8, 4) is 0 Å². The number of hydrogen-bond donors (Lipinski definition) is 2. The number of amides is 2. The summed E-state index contributed by atoms with van der Waals surface area (Å²) in [5.41, 5.74) is 3.82. The van der Waals surface area contributed by atoms with Crippen LogP contribution in [0.25, 0.3) is 0 Å². The van der Waals surface area contributed by atoms with Crippen molar-refractivity contribution >= 4 is 29.0 Å². The summed E-state index contributed by atoms with van der Waals surface area (Å²) in [6.45, 7) is 5.60. The highest BCUT2D eigenvalue weighted by molar-refractivity contribution is 6.01. The van der Waals surface area contributed by atoms with Crippen LogP contribution in [-0.4, -0.2) is 17.6 Å². The van der Waals surface area contributed by atoms with Crippen molar-refractivity contribution in [2.45, 2.75) is 40.0 Å². The molecule has 0 fully saturated rings. The fraction of sp³-hybridized carbons (Fsp3) is 0.286. The second-order valence-electron chi connectivity index (χ2n) is 6.27. The molecule has 0 atom stereocenters. The first-order valence-electron chi connectivity index (χ1n) is 8.69. The lowest BCUT2D eigenvalue weighted by Gasteiger charge is -2.09. The number of rotatable bonds is 7. The van der Waals surface area contributed by atoms with E-state index < -0.39 is 0 Å². The molecule has 2 rings (SSSR count). The first-order chi connectivity index (χ1) is 12.4. The maximum absolute atomic E-state index is 12.4. The Balaban J connectivity index is 1.92. The van der Waals surface area contributed by atoms with Crippen LogP contribution in [0.1, 0.15) is 47.7 Å². The minimum atomic E-state index is -0.234. The van der Waals surface area contributed by atoms with Gasteiger partial charge in [0, 0.05) is 36.2 Å². The number of benzene rings is 2. The van der Waals surface area contributed by atoms with Crippen molar-refractivity contribution in [2.24, 2.45) is 0 Å². The Morgan fingerprint density at radius 1 is 0.846 bits per heavy atom. The maximum Gasteiger partial charge on any atom is 0.224 e. The number of anilines is 2. The van der Waals surface area contributed by atoms with Gasteiger partial charge in [0.2, 0.25) is 11.8 Å². The molecular weight excluding hydrogens is 328 g/mol. The molecule has 0 saturated carbocycles. The Morgan fingerprint density at radius 2 is 1.50 bits per heavy atom. The lowest BCUT2D eigenvalue weighted by atomic mass is 9.99. The normalized spacial score (nSPS) is 10.3. The van der Waals surface area contributed by atoms with Gasteiger partial charge in [-0.15, -0.1) is 0 Å². The third-order valence-electron chi connectivity index (χ3n) is 4.02. The summed E-state index contributed by atoms with van der Waals surface area (Å²) in [5, 5.41) is 5.51. The lowest BCUT2D eigenvalue weighted by Crippen LogP contribution is -2.14. The van der Waals surface area contributed by atoms with Gasteiger partial charge in [-0.3, -0.25) is 14.4 Å².